The molecule has 2 N–H and O–H groups in total. The van der Waals surface area contributed by atoms with Crippen LogP contribution < -0.4 is 5.32 Å². The van der Waals surface area contributed by atoms with Crippen molar-refractivity contribution in [3.05, 3.63) is 57.8 Å². The summed E-state index contributed by atoms with van der Waals surface area (Å²) in [5.74, 6) is -2.37. The Labute approximate surface area is 146 Å². The van der Waals surface area contributed by atoms with E-state index in [9.17, 15) is 19.1 Å². The quantitative estimate of drug-likeness (QED) is 0.772. The number of anilines is 1. The molecule has 0 unspecified atom stereocenters. The Kier molecular flexibility index (Phi) is 5.56. The van der Waals surface area contributed by atoms with Crippen molar-refractivity contribution in [2.75, 3.05) is 5.32 Å². The minimum atomic E-state index is -1.17. The van der Waals surface area contributed by atoms with E-state index in [0.717, 1.165) is 5.56 Å². The van der Waals surface area contributed by atoms with Gasteiger partial charge in [-0.1, -0.05) is 22.0 Å². The number of aromatic hydroxyl groups is 1. The van der Waals surface area contributed by atoms with Crippen LogP contribution in [0.15, 0.2) is 40.9 Å². The van der Waals surface area contributed by atoms with Crippen molar-refractivity contribution < 1.29 is 23.8 Å². The van der Waals surface area contributed by atoms with Gasteiger partial charge in [-0.05, 0) is 49.7 Å². The lowest BCUT2D eigenvalue weighted by atomic mass is 10.1. The maximum absolute atomic E-state index is 13.7. The summed E-state index contributed by atoms with van der Waals surface area (Å²) in [6.07, 6.45) is -1.17. The Morgan fingerprint density at radius 3 is 2.58 bits per heavy atom. The Balaban J connectivity index is 2.04. The second kappa shape index (κ2) is 7.44. The van der Waals surface area contributed by atoms with Crippen molar-refractivity contribution >= 4 is 33.5 Å². The van der Waals surface area contributed by atoms with Crippen LogP contribution in [0.25, 0.3) is 0 Å². The number of carbonyl (C=O) groups is 2. The van der Waals surface area contributed by atoms with Crippen molar-refractivity contribution in [2.45, 2.75) is 20.0 Å². The Hall–Kier alpha value is -2.41. The molecule has 126 valence electrons. The maximum Gasteiger partial charge on any atom is 0.342 e. The Morgan fingerprint density at radius 1 is 1.25 bits per heavy atom. The number of halogens is 2. The molecule has 0 radical (unpaired) electrons. The molecule has 2 aromatic carbocycles. The molecule has 0 aliphatic carbocycles. The van der Waals surface area contributed by atoms with E-state index >= 15 is 0 Å². The monoisotopic (exact) mass is 395 g/mol. The predicted molar refractivity (Wildman–Crippen MR) is 90.5 cm³/mol. The highest BCUT2D eigenvalue weighted by Gasteiger charge is 2.21. The Morgan fingerprint density at radius 2 is 1.96 bits per heavy atom. The lowest BCUT2D eigenvalue weighted by molar-refractivity contribution is -0.123. The highest BCUT2D eigenvalue weighted by atomic mass is 79.9. The third-order valence-corrected chi connectivity index (χ3v) is 3.71. The molecule has 1 atom stereocenters. The number of amides is 1. The number of rotatable bonds is 4. The van der Waals surface area contributed by atoms with Gasteiger partial charge in [0.05, 0.1) is 5.69 Å². The molecule has 0 aromatic heterocycles. The second-order valence-corrected chi connectivity index (χ2v) is 6.10. The maximum atomic E-state index is 13.7. The van der Waals surface area contributed by atoms with Crippen molar-refractivity contribution in [1.29, 1.82) is 0 Å². The van der Waals surface area contributed by atoms with E-state index in [0.29, 0.717) is 4.47 Å². The largest absolute Gasteiger partial charge is 0.507 e. The van der Waals surface area contributed by atoms with Crippen molar-refractivity contribution in [3.63, 3.8) is 0 Å². The minimum Gasteiger partial charge on any atom is -0.507 e. The SMILES string of the molecule is Cc1ccc(C(=O)O[C@H](C)C(=O)Nc2ccc(Br)cc2F)c(O)c1. The molecule has 2 rings (SSSR count). The van der Waals surface area contributed by atoms with E-state index < -0.39 is 23.8 Å². The van der Waals surface area contributed by atoms with E-state index in [-0.39, 0.29) is 17.0 Å². The molecular formula is C17H15BrFNO4. The number of ether oxygens (including phenoxy) is 1. The average Bonchev–Trinajstić information content (AvgIpc) is 2.49. The summed E-state index contributed by atoms with van der Waals surface area (Å²) >= 11 is 3.12. The van der Waals surface area contributed by atoms with Crippen LogP contribution in [-0.2, 0) is 9.53 Å². The van der Waals surface area contributed by atoms with Gasteiger partial charge in [-0.15, -0.1) is 0 Å². The van der Waals surface area contributed by atoms with Gasteiger partial charge in [0.15, 0.2) is 6.10 Å². The molecule has 24 heavy (non-hydrogen) atoms. The number of benzene rings is 2. The van der Waals surface area contributed by atoms with Crippen LogP contribution in [0.2, 0.25) is 0 Å². The topological polar surface area (TPSA) is 75.6 Å². The molecule has 2 aromatic rings. The van der Waals surface area contributed by atoms with E-state index in [1.807, 2.05) is 0 Å². The van der Waals surface area contributed by atoms with Gasteiger partial charge in [-0.2, -0.15) is 0 Å². The zero-order valence-corrected chi connectivity index (χ0v) is 14.6. The summed E-state index contributed by atoms with van der Waals surface area (Å²) in [6.45, 7) is 3.12. The first-order valence-corrected chi connectivity index (χ1v) is 7.83. The fourth-order valence-corrected chi connectivity index (χ4v) is 2.25. The summed E-state index contributed by atoms with van der Waals surface area (Å²) in [5, 5.41) is 12.1. The van der Waals surface area contributed by atoms with Gasteiger partial charge >= 0.3 is 5.97 Å². The molecule has 0 fully saturated rings. The molecule has 0 aliphatic heterocycles. The van der Waals surface area contributed by atoms with Crippen LogP contribution in [0, 0.1) is 12.7 Å². The highest BCUT2D eigenvalue weighted by Crippen LogP contribution is 2.21. The molecule has 0 aliphatic rings. The van der Waals surface area contributed by atoms with Crippen LogP contribution in [0.4, 0.5) is 10.1 Å². The van der Waals surface area contributed by atoms with E-state index in [1.54, 1.807) is 19.1 Å². The summed E-state index contributed by atoms with van der Waals surface area (Å²) in [7, 11) is 0. The standard InChI is InChI=1S/C17H15BrFNO4/c1-9-3-5-12(15(21)7-9)17(23)24-10(2)16(22)20-14-6-4-11(18)8-13(14)19/h3-8,10,21H,1-2H3,(H,20,22)/t10-/m1/s1. The summed E-state index contributed by atoms with van der Waals surface area (Å²) in [6, 6.07) is 8.62. The minimum absolute atomic E-state index is 0.0238. The normalized spacial score (nSPS) is 11.7. The van der Waals surface area contributed by atoms with E-state index in [1.165, 1.54) is 31.2 Å². The fourth-order valence-electron chi connectivity index (χ4n) is 1.92. The second-order valence-electron chi connectivity index (χ2n) is 5.18. The van der Waals surface area contributed by atoms with Crippen molar-refractivity contribution in [2.24, 2.45) is 0 Å². The first-order valence-electron chi connectivity index (χ1n) is 7.04. The number of phenols is 1. The molecular weight excluding hydrogens is 381 g/mol. The first-order chi connectivity index (χ1) is 11.3. The van der Waals surface area contributed by atoms with Crippen LogP contribution in [0.5, 0.6) is 5.75 Å². The number of phenolic OH excluding ortho intramolecular Hbond substituents is 1. The van der Waals surface area contributed by atoms with Gasteiger partial charge < -0.3 is 15.2 Å². The third-order valence-electron chi connectivity index (χ3n) is 3.22. The molecule has 0 saturated carbocycles. The number of hydrogen-bond donors (Lipinski definition) is 2. The van der Waals surface area contributed by atoms with Gasteiger partial charge in [0.25, 0.3) is 5.91 Å². The Bertz CT molecular complexity index is 794. The van der Waals surface area contributed by atoms with Crippen molar-refractivity contribution in [3.8, 4) is 5.75 Å². The fraction of sp³-hybridized carbons (Fsp3) is 0.176. The average molecular weight is 396 g/mol. The van der Waals surface area contributed by atoms with Crippen LogP contribution in [-0.4, -0.2) is 23.1 Å². The van der Waals surface area contributed by atoms with E-state index in [4.69, 9.17) is 4.74 Å². The van der Waals surface area contributed by atoms with Gasteiger partial charge in [0.1, 0.15) is 17.1 Å². The summed E-state index contributed by atoms with van der Waals surface area (Å²) < 4.78 is 19.3. The molecule has 0 bridgehead atoms. The number of nitrogens with one attached hydrogen (secondary N) is 1. The summed E-state index contributed by atoms with van der Waals surface area (Å²) in [5.41, 5.74) is 0.708. The zero-order chi connectivity index (χ0) is 17.9. The van der Waals surface area contributed by atoms with Crippen LogP contribution >= 0.6 is 15.9 Å². The smallest absolute Gasteiger partial charge is 0.342 e. The molecule has 7 heteroatoms. The van der Waals surface area contributed by atoms with Gasteiger partial charge in [-0.3, -0.25) is 4.79 Å². The molecule has 0 saturated heterocycles. The zero-order valence-electron chi connectivity index (χ0n) is 13.0. The highest BCUT2D eigenvalue weighted by molar-refractivity contribution is 9.10. The lowest BCUT2D eigenvalue weighted by Gasteiger charge is -2.14. The number of esters is 1. The third kappa shape index (κ3) is 4.32. The molecule has 5 nitrogen and oxygen atoms in total. The van der Waals surface area contributed by atoms with Gasteiger partial charge in [-0.25, -0.2) is 9.18 Å². The number of aryl methyl sites for hydroxylation is 1. The van der Waals surface area contributed by atoms with Gasteiger partial charge in [0, 0.05) is 4.47 Å². The molecule has 0 spiro atoms. The predicted octanol–water partition coefficient (Wildman–Crippen LogP) is 3.79. The van der Waals surface area contributed by atoms with Crippen LogP contribution in [0.1, 0.15) is 22.8 Å². The van der Waals surface area contributed by atoms with Gasteiger partial charge in [0.2, 0.25) is 0 Å². The number of hydrogen-bond acceptors (Lipinski definition) is 4. The van der Waals surface area contributed by atoms with Crippen molar-refractivity contribution in [1.82, 2.24) is 0 Å². The first kappa shape index (κ1) is 17.9. The van der Waals surface area contributed by atoms with E-state index in [2.05, 4.69) is 21.2 Å². The molecule has 0 heterocycles. The van der Waals surface area contributed by atoms with Crippen LogP contribution in [0.3, 0.4) is 0 Å². The lowest BCUT2D eigenvalue weighted by Crippen LogP contribution is -2.30. The summed E-state index contributed by atoms with van der Waals surface area (Å²) in [4.78, 5) is 24.0. The number of carbonyl (C=O) groups excluding carboxylic acids is 2. The molecule has 1 amide bonds.